The van der Waals surface area contributed by atoms with E-state index < -0.39 is 6.10 Å². The quantitative estimate of drug-likeness (QED) is 0.0343. The molecule has 6 nitrogen and oxygen atoms in total. The van der Waals surface area contributed by atoms with Crippen LogP contribution < -0.4 is 0 Å². The Morgan fingerprint density at radius 1 is 0.250 bits per heavy atom. The van der Waals surface area contributed by atoms with E-state index in [-0.39, 0.29) is 31.1 Å². The molecular formula is C62H120O6. The number of esters is 3. The van der Waals surface area contributed by atoms with E-state index in [0.29, 0.717) is 19.3 Å². The minimum absolute atomic E-state index is 0.0634. The third-order valence-electron chi connectivity index (χ3n) is 14.1. The second kappa shape index (κ2) is 53.2. The summed E-state index contributed by atoms with van der Waals surface area (Å²) in [5, 5.41) is 0. The van der Waals surface area contributed by atoms with Crippen molar-refractivity contribution in [3.63, 3.8) is 0 Å². The number of carbonyl (C=O) groups excluding carboxylic acids is 3. The summed E-state index contributed by atoms with van der Waals surface area (Å²) in [6, 6.07) is 0. The van der Waals surface area contributed by atoms with E-state index in [1.807, 2.05) is 0 Å². The molecule has 0 N–H and O–H groups in total. The lowest BCUT2D eigenvalue weighted by molar-refractivity contribution is -0.167. The average molecular weight is 962 g/mol. The molecule has 0 saturated carbocycles. The minimum atomic E-state index is -0.764. The van der Waals surface area contributed by atoms with E-state index in [9.17, 15) is 14.4 Å². The van der Waals surface area contributed by atoms with Crippen molar-refractivity contribution in [2.24, 2.45) is 17.8 Å². The minimum Gasteiger partial charge on any atom is -0.462 e. The maximum Gasteiger partial charge on any atom is 0.306 e. The summed E-state index contributed by atoms with van der Waals surface area (Å²) in [5.41, 5.74) is 0. The lowest BCUT2D eigenvalue weighted by Crippen LogP contribution is -2.30. The fraction of sp³-hybridized carbons (Fsp3) is 0.952. The first-order chi connectivity index (χ1) is 33.1. The van der Waals surface area contributed by atoms with Gasteiger partial charge in [-0.25, -0.2) is 0 Å². The van der Waals surface area contributed by atoms with Crippen LogP contribution in [0.1, 0.15) is 343 Å². The highest BCUT2D eigenvalue weighted by molar-refractivity contribution is 5.71. The molecule has 0 unspecified atom stereocenters. The number of unbranched alkanes of at least 4 members (excludes halogenated alkanes) is 38. The Morgan fingerprint density at radius 3 is 0.632 bits per heavy atom. The molecule has 0 bridgehead atoms. The SMILES string of the molecule is CC(C)CCCCCCCCCCCCCCCCCCCCC(=O)OC[C@H](COC(=O)CCCCCCCCCCCCCCCCC(C)C)OC(=O)CCCCCCCCCCCC(C)C. The van der Waals surface area contributed by atoms with Gasteiger partial charge in [-0.3, -0.25) is 14.4 Å². The lowest BCUT2D eigenvalue weighted by atomic mass is 10.0. The van der Waals surface area contributed by atoms with Crippen molar-refractivity contribution in [2.45, 2.75) is 349 Å². The second-order valence-electron chi connectivity index (χ2n) is 22.8. The van der Waals surface area contributed by atoms with Crippen molar-refractivity contribution >= 4 is 17.9 Å². The van der Waals surface area contributed by atoms with Crippen LogP contribution in [-0.4, -0.2) is 37.2 Å². The van der Waals surface area contributed by atoms with Gasteiger partial charge in [-0.2, -0.15) is 0 Å². The van der Waals surface area contributed by atoms with Gasteiger partial charge in [0.2, 0.25) is 0 Å². The number of ether oxygens (including phenoxy) is 3. The average Bonchev–Trinajstić information content (AvgIpc) is 3.30. The standard InChI is InChI=1S/C62H120O6/c1-56(2)48-42-36-30-24-19-15-11-9-7-8-10-12-17-21-27-33-39-45-51-60(63)66-54-59(68-62(65)53-47-41-35-29-23-26-32-38-44-50-58(5)6)55-67-61(64)52-46-40-34-28-22-18-14-13-16-20-25-31-37-43-49-57(3)4/h56-59H,7-55H2,1-6H3/t59-/m1/s1. The molecule has 0 heterocycles. The predicted molar refractivity (Wildman–Crippen MR) is 293 cm³/mol. The molecule has 1 atom stereocenters. The molecule has 0 spiro atoms. The van der Waals surface area contributed by atoms with E-state index >= 15 is 0 Å². The molecular weight excluding hydrogens is 841 g/mol. The molecule has 0 aromatic carbocycles. The zero-order valence-corrected chi connectivity index (χ0v) is 46.9. The molecule has 0 amide bonds. The van der Waals surface area contributed by atoms with Gasteiger partial charge in [0.1, 0.15) is 13.2 Å². The fourth-order valence-electron chi connectivity index (χ4n) is 9.53. The molecule has 0 aliphatic carbocycles. The summed E-state index contributed by atoms with van der Waals surface area (Å²) < 4.78 is 16.9. The Labute approximate surface area is 425 Å². The van der Waals surface area contributed by atoms with Crippen LogP contribution in [0.25, 0.3) is 0 Å². The van der Waals surface area contributed by atoms with Crippen molar-refractivity contribution in [1.82, 2.24) is 0 Å². The molecule has 0 aliphatic heterocycles. The Morgan fingerprint density at radius 2 is 0.426 bits per heavy atom. The van der Waals surface area contributed by atoms with Crippen molar-refractivity contribution in [1.29, 1.82) is 0 Å². The van der Waals surface area contributed by atoms with Gasteiger partial charge in [-0.15, -0.1) is 0 Å². The van der Waals surface area contributed by atoms with Gasteiger partial charge in [0.15, 0.2) is 6.10 Å². The Bertz CT molecular complexity index is 1050. The van der Waals surface area contributed by atoms with Crippen LogP contribution in [0.2, 0.25) is 0 Å². The summed E-state index contributed by atoms with van der Waals surface area (Å²) in [6.45, 7) is 13.8. The first-order valence-electron chi connectivity index (χ1n) is 30.6. The van der Waals surface area contributed by atoms with Gasteiger partial charge >= 0.3 is 17.9 Å². The monoisotopic (exact) mass is 961 g/mol. The Balaban J connectivity index is 4.23. The van der Waals surface area contributed by atoms with Crippen LogP contribution in [-0.2, 0) is 28.6 Å². The summed E-state index contributed by atoms with van der Waals surface area (Å²) in [4.78, 5) is 38.2. The van der Waals surface area contributed by atoms with E-state index in [1.165, 1.54) is 225 Å². The van der Waals surface area contributed by atoms with Crippen LogP contribution in [0.5, 0.6) is 0 Å². The van der Waals surface area contributed by atoms with Crippen molar-refractivity contribution in [2.75, 3.05) is 13.2 Å². The van der Waals surface area contributed by atoms with Gasteiger partial charge in [0.05, 0.1) is 0 Å². The summed E-state index contributed by atoms with van der Waals surface area (Å²) in [5.74, 6) is 1.67. The third kappa shape index (κ3) is 55.3. The number of hydrogen-bond donors (Lipinski definition) is 0. The highest BCUT2D eigenvalue weighted by Crippen LogP contribution is 2.19. The molecule has 0 aliphatic rings. The number of rotatable bonds is 55. The molecule has 0 rings (SSSR count). The lowest BCUT2D eigenvalue weighted by Gasteiger charge is -2.18. The molecule has 6 heteroatoms. The van der Waals surface area contributed by atoms with Gasteiger partial charge in [-0.05, 0) is 37.0 Å². The van der Waals surface area contributed by atoms with Gasteiger partial charge in [0, 0.05) is 19.3 Å². The Kier molecular flexibility index (Phi) is 52.0. The van der Waals surface area contributed by atoms with Gasteiger partial charge in [0.25, 0.3) is 0 Å². The first-order valence-corrected chi connectivity index (χ1v) is 30.6. The van der Waals surface area contributed by atoms with Gasteiger partial charge in [-0.1, -0.05) is 305 Å². The topological polar surface area (TPSA) is 78.9 Å². The van der Waals surface area contributed by atoms with Gasteiger partial charge < -0.3 is 14.2 Å². The smallest absolute Gasteiger partial charge is 0.306 e. The summed E-state index contributed by atoms with van der Waals surface area (Å²) >= 11 is 0. The van der Waals surface area contributed by atoms with Crippen LogP contribution in [0, 0.1) is 17.8 Å². The number of hydrogen-bond acceptors (Lipinski definition) is 6. The first kappa shape index (κ1) is 66.4. The van der Waals surface area contributed by atoms with E-state index in [1.54, 1.807) is 0 Å². The summed E-state index contributed by atoms with van der Waals surface area (Å²) in [7, 11) is 0. The maximum atomic E-state index is 12.8. The van der Waals surface area contributed by atoms with Crippen LogP contribution in [0.15, 0.2) is 0 Å². The van der Waals surface area contributed by atoms with Crippen LogP contribution >= 0.6 is 0 Å². The molecule has 0 radical (unpaired) electrons. The third-order valence-corrected chi connectivity index (χ3v) is 14.1. The highest BCUT2D eigenvalue weighted by Gasteiger charge is 2.19. The van der Waals surface area contributed by atoms with Crippen molar-refractivity contribution in [3.05, 3.63) is 0 Å². The molecule has 0 saturated heterocycles. The normalized spacial score (nSPS) is 12.1. The van der Waals surface area contributed by atoms with Crippen molar-refractivity contribution in [3.8, 4) is 0 Å². The Hall–Kier alpha value is -1.59. The predicted octanol–water partition coefficient (Wildman–Crippen LogP) is 20.3. The zero-order valence-electron chi connectivity index (χ0n) is 46.9. The molecule has 404 valence electrons. The van der Waals surface area contributed by atoms with E-state index in [0.717, 1.165) is 75.5 Å². The van der Waals surface area contributed by atoms with E-state index in [2.05, 4.69) is 41.5 Å². The summed E-state index contributed by atoms with van der Waals surface area (Å²) in [6.07, 6.45) is 56.8. The zero-order chi connectivity index (χ0) is 49.8. The molecule has 0 aromatic rings. The molecule has 68 heavy (non-hydrogen) atoms. The largest absolute Gasteiger partial charge is 0.462 e. The second-order valence-corrected chi connectivity index (χ2v) is 22.8. The molecule has 0 aromatic heterocycles. The van der Waals surface area contributed by atoms with Crippen LogP contribution in [0.3, 0.4) is 0 Å². The number of carbonyl (C=O) groups is 3. The van der Waals surface area contributed by atoms with Crippen molar-refractivity contribution < 1.29 is 28.6 Å². The maximum absolute atomic E-state index is 12.8. The van der Waals surface area contributed by atoms with Crippen LogP contribution in [0.4, 0.5) is 0 Å². The van der Waals surface area contributed by atoms with E-state index in [4.69, 9.17) is 14.2 Å². The highest BCUT2D eigenvalue weighted by atomic mass is 16.6. The fourth-order valence-corrected chi connectivity index (χ4v) is 9.53. The molecule has 0 fully saturated rings.